The van der Waals surface area contributed by atoms with Gasteiger partial charge in [0.1, 0.15) is 13.2 Å². The topological polar surface area (TPSA) is 123 Å². The number of nitrogens with one attached hydrogen (secondary N) is 2. The molecule has 0 radical (unpaired) electrons. The van der Waals surface area contributed by atoms with Crippen molar-refractivity contribution in [2.24, 2.45) is 0 Å². The molecule has 1 aliphatic rings. The Morgan fingerprint density at radius 2 is 1.68 bits per heavy atom. The van der Waals surface area contributed by atoms with Crippen molar-refractivity contribution in [3.05, 3.63) is 72.1 Å². The predicted octanol–water partition coefficient (Wildman–Crippen LogP) is 3.61. The van der Waals surface area contributed by atoms with Gasteiger partial charge < -0.3 is 20.5 Å². The molecule has 9 nitrogen and oxygen atoms in total. The molecule has 2 amide bonds. The molecule has 34 heavy (non-hydrogen) atoms. The first-order valence-electron chi connectivity index (χ1n) is 10.9. The number of alkyl carbamates (subject to hydrolysis) is 1. The third-order valence-corrected chi connectivity index (χ3v) is 5.60. The number of amides is 2. The quantitative estimate of drug-likeness (QED) is 0.470. The maximum Gasteiger partial charge on any atom is 0.407 e. The van der Waals surface area contributed by atoms with Gasteiger partial charge in [0.25, 0.3) is 0 Å². The Morgan fingerprint density at radius 3 is 2.29 bits per heavy atom. The zero-order valence-corrected chi connectivity index (χ0v) is 18.9. The van der Waals surface area contributed by atoms with Gasteiger partial charge in [0.05, 0.1) is 11.9 Å². The smallest absolute Gasteiger partial charge is 0.407 e. The number of ether oxygens (including phenoxy) is 1. The van der Waals surface area contributed by atoms with E-state index in [-0.39, 0.29) is 31.4 Å². The van der Waals surface area contributed by atoms with Crippen LogP contribution in [0, 0.1) is 0 Å². The third kappa shape index (κ3) is 5.25. The molecule has 0 unspecified atom stereocenters. The molecule has 0 spiro atoms. The second kappa shape index (κ2) is 9.38. The van der Waals surface area contributed by atoms with E-state index in [4.69, 9.17) is 9.84 Å². The van der Waals surface area contributed by atoms with Crippen LogP contribution in [0.1, 0.15) is 37.3 Å². The van der Waals surface area contributed by atoms with Crippen LogP contribution in [0.15, 0.2) is 60.9 Å². The lowest BCUT2D eigenvalue weighted by atomic mass is 9.98. The van der Waals surface area contributed by atoms with Crippen LogP contribution in [-0.2, 0) is 20.9 Å². The highest BCUT2D eigenvalue weighted by molar-refractivity contribution is 5.91. The lowest BCUT2D eigenvalue weighted by molar-refractivity contribution is -0.137. The Hall–Kier alpha value is -4.14. The Labute approximate surface area is 196 Å². The number of aromatic nitrogens is 2. The van der Waals surface area contributed by atoms with E-state index >= 15 is 0 Å². The van der Waals surface area contributed by atoms with Crippen LogP contribution in [-0.4, -0.2) is 45.0 Å². The number of fused-ring (bicyclic) bond motifs is 3. The first kappa shape index (κ1) is 23.0. The Kier molecular flexibility index (Phi) is 6.36. The standard InChI is InChI=1S/C25H26N4O5/c1-25(2,11-22(30)27-16-12-26-29(13-16)14-23(31)32)28-24(33)34-15-21-19-9-5-3-7-17(19)18-8-4-6-10-20(18)21/h3-10,12-13,21H,11,14-15H2,1-2H3,(H,27,30)(H,28,33)(H,31,32). The molecular formula is C25H26N4O5. The minimum absolute atomic E-state index is 0.0126. The van der Waals surface area contributed by atoms with Crippen molar-refractivity contribution in [1.29, 1.82) is 0 Å². The summed E-state index contributed by atoms with van der Waals surface area (Å²) in [5.74, 6) is -1.43. The molecule has 2 aromatic carbocycles. The number of hydrogen-bond donors (Lipinski definition) is 3. The van der Waals surface area contributed by atoms with Crippen molar-refractivity contribution in [3.63, 3.8) is 0 Å². The number of hydrogen-bond acceptors (Lipinski definition) is 5. The number of carbonyl (C=O) groups excluding carboxylic acids is 2. The molecule has 9 heteroatoms. The summed E-state index contributed by atoms with van der Waals surface area (Å²) in [6, 6.07) is 16.2. The van der Waals surface area contributed by atoms with E-state index in [9.17, 15) is 14.4 Å². The normalized spacial score (nSPS) is 12.5. The van der Waals surface area contributed by atoms with Gasteiger partial charge in [0.15, 0.2) is 0 Å². The summed E-state index contributed by atoms with van der Waals surface area (Å²) in [5.41, 5.74) is 4.05. The molecule has 0 bridgehead atoms. The molecule has 1 aromatic heterocycles. The SMILES string of the molecule is CC(C)(CC(=O)Nc1cnn(CC(=O)O)c1)NC(=O)OCC1c2ccccc2-c2ccccc21. The summed E-state index contributed by atoms with van der Waals surface area (Å²) >= 11 is 0. The summed E-state index contributed by atoms with van der Waals surface area (Å²) < 4.78 is 6.77. The summed E-state index contributed by atoms with van der Waals surface area (Å²) in [5, 5.41) is 18.1. The van der Waals surface area contributed by atoms with Crippen LogP contribution in [0.4, 0.5) is 10.5 Å². The summed E-state index contributed by atoms with van der Waals surface area (Å²) in [6.07, 6.45) is 2.18. The zero-order chi connectivity index (χ0) is 24.3. The molecule has 0 atom stereocenters. The average Bonchev–Trinajstić information content (AvgIpc) is 3.32. The zero-order valence-electron chi connectivity index (χ0n) is 18.9. The van der Waals surface area contributed by atoms with Crippen molar-refractivity contribution in [3.8, 4) is 11.1 Å². The van der Waals surface area contributed by atoms with E-state index in [0.717, 1.165) is 22.3 Å². The largest absolute Gasteiger partial charge is 0.480 e. The second-order valence-corrected chi connectivity index (χ2v) is 8.88. The van der Waals surface area contributed by atoms with Gasteiger partial charge in [-0.1, -0.05) is 48.5 Å². The van der Waals surface area contributed by atoms with Gasteiger partial charge in [-0.25, -0.2) is 4.79 Å². The number of carboxylic acids is 1. The van der Waals surface area contributed by atoms with Gasteiger partial charge >= 0.3 is 12.1 Å². The first-order chi connectivity index (χ1) is 16.2. The number of benzene rings is 2. The fourth-order valence-electron chi connectivity index (χ4n) is 4.21. The lowest BCUT2D eigenvalue weighted by Gasteiger charge is -2.25. The highest BCUT2D eigenvalue weighted by Crippen LogP contribution is 2.44. The van der Waals surface area contributed by atoms with E-state index in [1.165, 1.54) is 17.1 Å². The monoisotopic (exact) mass is 462 g/mol. The number of rotatable bonds is 8. The summed E-state index contributed by atoms with van der Waals surface area (Å²) in [7, 11) is 0. The molecule has 1 aliphatic carbocycles. The molecule has 4 rings (SSSR count). The lowest BCUT2D eigenvalue weighted by Crippen LogP contribution is -2.46. The van der Waals surface area contributed by atoms with Crippen molar-refractivity contribution in [2.75, 3.05) is 11.9 Å². The number of carbonyl (C=O) groups is 3. The minimum atomic E-state index is -1.03. The third-order valence-electron chi connectivity index (χ3n) is 5.60. The second-order valence-electron chi connectivity index (χ2n) is 8.88. The fraction of sp³-hybridized carbons (Fsp3) is 0.280. The molecule has 0 fully saturated rings. The minimum Gasteiger partial charge on any atom is -0.480 e. The van der Waals surface area contributed by atoms with Gasteiger partial charge in [-0.2, -0.15) is 5.10 Å². The van der Waals surface area contributed by atoms with Gasteiger partial charge in [-0.05, 0) is 36.1 Å². The summed E-state index contributed by atoms with van der Waals surface area (Å²) in [4.78, 5) is 35.7. The van der Waals surface area contributed by atoms with Gasteiger partial charge in [-0.15, -0.1) is 0 Å². The average molecular weight is 463 g/mol. The van der Waals surface area contributed by atoms with Crippen molar-refractivity contribution < 1.29 is 24.2 Å². The Balaban J connectivity index is 1.31. The number of aliphatic carboxylic acids is 1. The highest BCUT2D eigenvalue weighted by atomic mass is 16.5. The van der Waals surface area contributed by atoms with E-state index in [1.807, 2.05) is 36.4 Å². The highest BCUT2D eigenvalue weighted by Gasteiger charge is 2.30. The number of carboxylic acid groups (broad SMARTS) is 1. The van der Waals surface area contributed by atoms with E-state index < -0.39 is 17.6 Å². The van der Waals surface area contributed by atoms with Crippen LogP contribution < -0.4 is 10.6 Å². The first-order valence-corrected chi connectivity index (χ1v) is 10.9. The molecule has 0 saturated heterocycles. The number of anilines is 1. The Morgan fingerprint density at radius 1 is 1.06 bits per heavy atom. The molecule has 0 aliphatic heterocycles. The maximum absolute atomic E-state index is 12.6. The van der Waals surface area contributed by atoms with Crippen molar-refractivity contribution in [2.45, 2.75) is 38.3 Å². The van der Waals surface area contributed by atoms with Crippen LogP contribution in [0.3, 0.4) is 0 Å². The van der Waals surface area contributed by atoms with Crippen LogP contribution in [0.2, 0.25) is 0 Å². The van der Waals surface area contributed by atoms with Crippen LogP contribution >= 0.6 is 0 Å². The predicted molar refractivity (Wildman–Crippen MR) is 125 cm³/mol. The van der Waals surface area contributed by atoms with Crippen LogP contribution in [0.5, 0.6) is 0 Å². The number of nitrogens with zero attached hydrogens (tertiary/aromatic N) is 2. The molecule has 1 heterocycles. The maximum atomic E-state index is 12.6. The van der Waals surface area contributed by atoms with E-state index in [2.05, 4.69) is 27.9 Å². The summed E-state index contributed by atoms with van der Waals surface area (Å²) in [6.45, 7) is 3.33. The van der Waals surface area contributed by atoms with Crippen molar-refractivity contribution in [1.82, 2.24) is 15.1 Å². The molecule has 3 aromatic rings. The molecule has 0 saturated carbocycles. The van der Waals surface area contributed by atoms with E-state index in [0.29, 0.717) is 5.69 Å². The van der Waals surface area contributed by atoms with Gasteiger partial charge in [-0.3, -0.25) is 14.3 Å². The fourth-order valence-corrected chi connectivity index (χ4v) is 4.21. The Bertz CT molecular complexity index is 1190. The molecule has 3 N–H and O–H groups in total. The van der Waals surface area contributed by atoms with E-state index in [1.54, 1.807) is 13.8 Å². The van der Waals surface area contributed by atoms with Gasteiger partial charge in [0.2, 0.25) is 5.91 Å². The van der Waals surface area contributed by atoms with Crippen LogP contribution in [0.25, 0.3) is 11.1 Å². The van der Waals surface area contributed by atoms with Gasteiger partial charge in [0, 0.05) is 24.1 Å². The molecule has 176 valence electrons. The molecular weight excluding hydrogens is 436 g/mol. The van der Waals surface area contributed by atoms with Crippen molar-refractivity contribution >= 4 is 23.7 Å².